The molecule has 1 aliphatic heterocycles. The smallest absolute Gasteiger partial charge is 0.323 e. The number of nitrogens with zero attached hydrogens (tertiary/aromatic N) is 1. The third-order valence-corrected chi connectivity index (χ3v) is 4.43. The average Bonchev–Trinajstić information content (AvgIpc) is 2.66. The summed E-state index contributed by atoms with van der Waals surface area (Å²) in [5.74, 6) is -0.807. The second-order valence-corrected chi connectivity index (χ2v) is 6.65. The minimum Gasteiger partial charge on any atom is -0.463 e. The summed E-state index contributed by atoms with van der Waals surface area (Å²) in [6.45, 7) is 2.93. The number of amides is 2. The van der Waals surface area contributed by atoms with Crippen molar-refractivity contribution in [2.75, 3.05) is 23.8 Å². The minimum absolute atomic E-state index is 0.0130. The Hall–Kier alpha value is -3.19. The molecule has 1 atom stereocenters. The van der Waals surface area contributed by atoms with Crippen LogP contribution in [0.3, 0.4) is 0 Å². The van der Waals surface area contributed by atoms with E-state index in [0.29, 0.717) is 31.1 Å². The van der Waals surface area contributed by atoms with Gasteiger partial charge in [0.25, 0.3) is 0 Å². The highest BCUT2D eigenvalue weighted by Crippen LogP contribution is 2.18. The van der Waals surface area contributed by atoms with Gasteiger partial charge in [-0.1, -0.05) is 30.3 Å². The third-order valence-electron chi connectivity index (χ3n) is 4.43. The van der Waals surface area contributed by atoms with E-state index in [4.69, 9.17) is 4.74 Å². The zero-order valence-electron chi connectivity index (χ0n) is 15.7. The Morgan fingerprint density at radius 3 is 2.32 bits per heavy atom. The first-order chi connectivity index (χ1) is 13.5. The van der Waals surface area contributed by atoms with Gasteiger partial charge < -0.3 is 15.4 Å². The molecule has 1 fully saturated rings. The fraction of sp³-hybridized carbons (Fsp3) is 0.286. The molecule has 7 nitrogen and oxygen atoms in total. The lowest BCUT2D eigenvalue weighted by atomic mass is 10.1. The van der Waals surface area contributed by atoms with E-state index in [2.05, 4.69) is 10.6 Å². The van der Waals surface area contributed by atoms with Crippen LogP contribution in [0.15, 0.2) is 54.6 Å². The number of esters is 1. The summed E-state index contributed by atoms with van der Waals surface area (Å²) in [5.41, 5.74) is 2.32. The van der Waals surface area contributed by atoms with Crippen LogP contribution in [0.4, 0.5) is 11.4 Å². The summed E-state index contributed by atoms with van der Waals surface area (Å²) >= 11 is 0. The Morgan fingerprint density at radius 1 is 1.04 bits per heavy atom. The molecule has 2 aromatic carbocycles. The molecule has 0 aromatic heterocycles. The number of ether oxygens (including phenoxy) is 1. The van der Waals surface area contributed by atoms with Crippen LogP contribution in [0.5, 0.6) is 0 Å². The molecule has 0 saturated carbocycles. The van der Waals surface area contributed by atoms with E-state index >= 15 is 0 Å². The maximum absolute atomic E-state index is 12.5. The van der Waals surface area contributed by atoms with Gasteiger partial charge in [0.05, 0.1) is 6.42 Å². The standard InChI is InChI=1S/C21H23N3O4/c1-15(25)22-17-7-9-18(10-8-17)23-20(26)13-19-21(27)28-12-11-24(19)14-16-5-3-2-4-6-16/h2-10,19H,11-14H2,1H3,(H,22,25)(H,23,26)/t19-/m1/s1. The molecule has 0 spiro atoms. The van der Waals surface area contributed by atoms with E-state index in [0.717, 1.165) is 5.56 Å². The lowest BCUT2D eigenvalue weighted by Crippen LogP contribution is -2.49. The van der Waals surface area contributed by atoms with Gasteiger partial charge in [-0.25, -0.2) is 0 Å². The normalized spacial score (nSPS) is 16.9. The Labute approximate surface area is 163 Å². The van der Waals surface area contributed by atoms with Crippen LogP contribution < -0.4 is 10.6 Å². The van der Waals surface area contributed by atoms with Crippen molar-refractivity contribution in [3.63, 3.8) is 0 Å². The molecule has 7 heteroatoms. The van der Waals surface area contributed by atoms with Crippen molar-refractivity contribution in [3.05, 3.63) is 60.2 Å². The monoisotopic (exact) mass is 381 g/mol. The molecule has 28 heavy (non-hydrogen) atoms. The predicted octanol–water partition coefficient (Wildman–Crippen LogP) is 2.40. The van der Waals surface area contributed by atoms with E-state index in [1.54, 1.807) is 24.3 Å². The summed E-state index contributed by atoms with van der Waals surface area (Å²) in [7, 11) is 0. The van der Waals surface area contributed by atoms with Crippen LogP contribution in [-0.2, 0) is 25.7 Å². The number of rotatable bonds is 6. The fourth-order valence-electron chi connectivity index (χ4n) is 3.11. The molecule has 3 rings (SSSR count). The van der Waals surface area contributed by atoms with Crippen molar-refractivity contribution >= 4 is 29.2 Å². The van der Waals surface area contributed by atoms with Gasteiger partial charge in [0.15, 0.2) is 0 Å². The number of nitrogens with one attached hydrogen (secondary N) is 2. The first-order valence-corrected chi connectivity index (χ1v) is 9.13. The maximum Gasteiger partial charge on any atom is 0.323 e. The zero-order chi connectivity index (χ0) is 19.9. The van der Waals surface area contributed by atoms with Gasteiger partial charge in [0.1, 0.15) is 12.6 Å². The zero-order valence-corrected chi connectivity index (χ0v) is 15.7. The second-order valence-electron chi connectivity index (χ2n) is 6.65. The molecule has 2 amide bonds. The summed E-state index contributed by atoms with van der Waals surface area (Å²) in [6.07, 6.45) is 0.0130. The number of cyclic esters (lactones) is 1. The van der Waals surface area contributed by atoms with Crippen LogP contribution in [0.25, 0.3) is 0 Å². The van der Waals surface area contributed by atoms with Gasteiger partial charge in [-0.3, -0.25) is 19.3 Å². The Bertz CT molecular complexity index is 836. The quantitative estimate of drug-likeness (QED) is 0.751. The van der Waals surface area contributed by atoms with E-state index in [-0.39, 0.29) is 24.2 Å². The number of carbonyl (C=O) groups excluding carboxylic acids is 3. The molecule has 0 unspecified atom stereocenters. The summed E-state index contributed by atoms with van der Waals surface area (Å²) in [4.78, 5) is 37.8. The van der Waals surface area contributed by atoms with E-state index < -0.39 is 6.04 Å². The largest absolute Gasteiger partial charge is 0.463 e. The van der Waals surface area contributed by atoms with Crippen LogP contribution in [-0.4, -0.2) is 41.9 Å². The van der Waals surface area contributed by atoms with E-state index in [1.807, 2.05) is 35.2 Å². The van der Waals surface area contributed by atoms with E-state index in [9.17, 15) is 14.4 Å². The predicted molar refractivity (Wildman–Crippen MR) is 106 cm³/mol. The molecule has 1 aliphatic rings. The lowest BCUT2D eigenvalue weighted by molar-refractivity contribution is -0.159. The minimum atomic E-state index is -0.618. The van der Waals surface area contributed by atoms with Gasteiger partial charge in [0, 0.05) is 31.4 Å². The first-order valence-electron chi connectivity index (χ1n) is 9.13. The van der Waals surface area contributed by atoms with Crippen molar-refractivity contribution < 1.29 is 19.1 Å². The summed E-state index contributed by atoms with van der Waals surface area (Å²) < 4.78 is 5.16. The van der Waals surface area contributed by atoms with Gasteiger partial charge in [-0.2, -0.15) is 0 Å². The van der Waals surface area contributed by atoms with Crippen molar-refractivity contribution in [1.82, 2.24) is 4.90 Å². The average molecular weight is 381 g/mol. The van der Waals surface area contributed by atoms with Crippen LogP contribution in [0.1, 0.15) is 18.9 Å². The lowest BCUT2D eigenvalue weighted by Gasteiger charge is -2.33. The summed E-state index contributed by atoms with van der Waals surface area (Å²) in [5, 5.41) is 5.45. The van der Waals surface area contributed by atoms with Crippen molar-refractivity contribution in [2.45, 2.75) is 25.9 Å². The molecule has 1 saturated heterocycles. The number of hydrogen-bond donors (Lipinski definition) is 2. The van der Waals surface area contributed by atoms with Crippen molar-refractivity contribution in [1.29, 1.82) is 0 Å². The maximum atomic E-state index is 12.5. The Balaban J connectivity index is 1.61. The highest BCUT2D eigenvalue weighted by molar-refractivity contribution is 5.95. The van der Waals surface area contributed by atoms with Crippen LogP contribution in [0.2, 0.25) is 0 Å². The number of morpholine rings is 1. The van der Waals surface area contributed by atoms with Crippen molar-refractivity contribution in [2.24, 2.45) is 0 Å². The van der Waals surface area contributed by atoms with Gasteiger partial charge in [0.2, 0.25) is 11.8 Å². The molecule has 146 valence electrons. The van der Waals surface area contributed by atoms with Crippen LogP contribution >= 0.6 is 0 Å². The number of carbonyl (C=O) groups is 3. The highest BCUT2D eigenvalue weighted by atomic mass is 16.5. The van der Waals surface area contributed by atoms with Gasteiger partial charge in [-0.05, 0) is 29.8 Å². The molecule has 0 radical (unpaired) electrons. The molecule has 2 aromatic rings. The fourth-order valence-corrected chi connectivity index (χ4v) is 3.11. The van der Waals surface area contributed by atoms with Gasteiger partial charge >= 0.3 is 5.97 Å². The summed E-state index contributed by atoms with van der Waals surface area (Å²) in [6, 6.07) is 16.0. The van der Waals surface area contributed by atoms with Crippen molar-refractivity contribution in [3.8, 4) is 0 Å². The number of hydrogen-bond acceptors (Lipinski definition) is 5. The molecule has 0 aliphatic carbocycles. The highest BCUT2D eigenvalue weighted by Gasteiger charge is 2.33. The Kier molecular flexibility index (Phi) is 6.39. The second kappa shape index (κ2) is 9.14. The molecular formula is C21H23N3O4. The number of anilines is 2. The number of benzene rings is 2. The molecular weight excluding hydrogens is 358 g/mol. The van der Waals surface area contributed by atoms with E-state index in [1.165, 1.54) is 6.92 Å². The molecule has 1 heterocycles. The Morgan fingerprint density at radius 2 is 1.68 bits per heavy atom. The topological polar surface area (TPSA) is 87.7 Å². The van der Waals surface area contributed by atoms with Crippen LogP contribution in [0, 0.1) is 0 Å². The van der Waals surface area contributed by atoms with Gasteiger partial charge in [-0.15, -0.1) is 0 Å². The SMILES string of the molecule is CC(=O)Nc1ccc(NC(=O)C[C@@H]2C(=O)OCCN2Cc2ccccc2)cc1. The molecule has 2 N–H and O–H groups in total. The first kappa shape index (κ1) is 19.6. The third kappa shape index (κ3) is 5.40. The molecule has 0 bridgehead atoms.